The zero-order valence-corrected chi connectivity index (χ0v) is 11.4. The van der Waals surface area contributed by atoms with E-state index >= 15 is 0 Å². The summed E-state index contributed by atoms with van der Waals surface area (Å²) in [6.07, 6.45) is 0.525. The fourth-order valence-electron chi connectivity index (χ4n) is 2.40. The Bertz CT molecular complexity index is 661. The van der Waals surface area contributed by atoms with Crippen molar-refractivity contribution < 1.29 is 9.47 Å². The molecular formula is C16H14N2O2. The Morgan fingerprint density at radius 1 is 0.800 bits per heavy atom. The van der Waals surface area contributed by atoms with Crippen LogP contribution in [0.5, 0.6) is 11.5 Å². The van der Waals surface area contributed by atoms with Gasteiger partial charge in [-0.15, -0.1) is 0 Å². The lowest BCUT2D eigenvalue weighted by molar-refractivity contribution is 0.410. The van der Waals surface area contributed by atoms with Crippen LogP contribution in [0.25, 0.3) is 10.8 Å². The standard InChI is InChI=1S/C16H14N2O2/c1-19-15-5-3-12-11(13(15)7-9-17)4-6-16(20-2)14(12)8-10-18/h3-6H,7-8H2,1-2H3. The van der Waals surface area contributed by atoms with Gasteiger partial charge in [0, 0.05) is 11.1 Å². The topological polar surface area (TPSA) is 66.0 Å². The highest BCUT2D eigenvalue weighted by Gasteiger charge is 2.13. The third-order valence-corrected chi connectivity index (χ3v) is 3.29. The van der Waals surface area contributed by atoms with Crippen molar-refractivity contribution in [2.75, 3.05) is 14.2 Å². The molecule has 0 heterocycles. The van der Waals surface area contributed by atoms with Crippen LogP contribution in [0.4, 0.5) is 0 Å². The molecule has 0 saturated heterocycles. The molecule has 0 unspecified atom stereocenters. The summed E-state index contributed by atoms with van der Waals surface area (Å²) in [5.74, 6) is 1.37. The molecule has 2 aromatic rings. The highest BCUT2D eigenvalue weighted by molar-refractivity contribution is 5.92. The van der Waals surface area contributed by atoms with E-state index in [0.717, 1.165) is 21.9 Å². The summed E-state index contributed by atoms with van der Waals surface area (Å²) >= 11 is 0. The molecule has 0 fully saturated rings. The van der Waals surface area contributed by atoms with Crippen LogP contribution in [-0.4, -0.2) is 14.2 Å². The minimum atomic E-state index is 0.263. The molecule has 0 aliphatic carbocycles. The molecule has 0 aliphatic rings. The molecule has 4 nitrogen and oxygen atoms in total. The van der Waals surface area contributed by atoms with Crippen LogP contribution >= 0.6 is 0 Å². The molecule has 0 N–H and O–H groups in total. The van der Waals surface area contributed by atoms with Crippen LogP contribution in [-0.2, 0) is 12.8 Å². The number of fused-ring (bicyclic) bond motifs is 1. The predicted octanol–water partition coefficient (Wildman–Crippen LogP) is 2.99. The number of nitrogens with zero attached hydrogens (tertiary/aromatic N) is 2. The van der Waals surface area contributed by atoms with Gasteiger partial charge < -0.3 is 9.47 Å². The lowest BCUT2D eigenvalue weighted by Gasteiger charge is -2.14. The lowest BCUT2D eigenvalue weighted by atomic mass is 9.96. The van der Waals surface area contributed by atoms with Gasteiger partial charge in [-0.2, -0.15) is 10.5 Å². The number of methoxy groups -OCH3 is 2. The van der Waals surface area contributed by atoms with Gasteiger partial charge in [0.2, 0.25) is 0 Å². The maximum atomic E-state index is 8.99. The van der Waals surface area contributed by atoms with Gasteiger partial charge in [-0.25, -0.2) is 0 Å². The van der Waals surface area contributed by atoms with Crippen LogP contribution in [0.1, 0.15) is 11.1 Å². The number of benzene rings is 2. The van der Waals surface area contributed by atoms with Gasteiger partial charge in [0.25, 0.3) is 0 Å². The maximum absolute atomic E-state index is 8.99. The summed E-state index contributed by atoms with van der Waals surface area (Å²) in [4.78, 5) is 0. The molecular weight excluding hydrogens is 252 g/mol. The van der Waals surface area contributed by atoms with E-state index in [-0.39, 0.29) is 12.8 Å². The SMILES string of the molecule is COc1ccc2c(CC#N)c(OC)ccc2c1CC#N. The van der Waals surface area contributed by atoms with Crippen molar-refractivity contribution in [1.82, 2.24) is 0 Å². The zero-order chi connectivity index (χ0) is 14.5. The minimum absolute atomic E-state index is 0.263. The highest BCUT2D eigenvalue weighted by Crippen LogP contribution is 2.34. The molecule has 0 spiro atoms. The summed E-state index contributed by atoms with van der Waals surface area (Å²) < 4.78 is 10.6. The second-order valence-electron chi connectivity index (χ2n) is 4.26. The van der Waals surface area contributed by atoms with E-state index in [9.17, 15) is 0 Å². The second kappa shape index (κ2) is 5.95. The third kappa shape index (κ3) is 2.24. The van der Waals surface area contributed by atoms with Crippen molar-refractivity contribution in [1.29, 1.82) is 10.5 Å². The normalized spacial score (nSPS) is 9.80. The summed E-state index contributed by atoms with van der Waals surface area (Å²) in [7, 11) is 3.17. The fraction of sp³-hybridized carbons (Fsp3) is 0.250. The molecule has 0 saturated carbocycles. The van der Waals surface area contributed by atoms with Gasteiger partial charge in [0.1, 0.15) is 11.5 Å². The second-order valence-corrected chi connectivity index (χ2v) is 4.26. The number of hydrogen-bond donors (Lipinski definition) is 0. The summed E-state index contributed by atoms with van der Waals surface area (Å²) in [5, 5.41) is 19.8. The van der Waals surface area contributed by atoms with Gasteiger partial charge in [0.15, 0.2) is 0 Å². The van der Waals surface area contributed by atoms with Crippen molar-refractivity contribution in [3.05, 3.63) is 35.4 Å². The first kappa shape index (κ1) is 13.7. The smallest absolute Gasteiger partial charge is 0.123 e. The van der Waals surface area contributed by atoms with E-state index < -0.39 is 0 Å². The Hall–Kier alpha value is -2.72. The maximum Gasteiger partial charge on any atom is 0.123 e. The average molecular weight is 266 g/mol. The van der Waals surface area contributed by atoms with Crippen molar-refractivity contribution in [3.63, 3.8) is 0 Å². The number of ether oxygens (including phenoxy) is 2. The van der Waals surface area contributed by atoms with E-state index in [2.05, 4.69) is 12.1 Å². The van der Waals surface area contributed by atoms with Gasteiger partial charge >= 0.3 is 0 Å². The summed E-state index contributed by atoms with van der Waals surface area (Å²) in [6, 6.07) is 11.8. The minimum Gasteiger partial charge on any atom is -0.496 e. The molecule has 20 heavy (non-hydrogen) atoms. The summed E-state index contributed by atoms with van der Waals surface area (Å²) in [5.41, 5.74) is 1.68. The Labute approximate surface area is 117 Å². The zero-order valence-electron chi connectivity index (χ0n) is 11.4. The Kier molecular flexibility index (Phi) is 4.08. The molecule has 0 atom stereocenters. The van der Waals surface area contributed by atoms with E-state index in [0.29, 0.717) is 11.5 Å². The number of hydrogen-bond acceptors (Lipinski definition) is 4. The van der Waals surface area contributed by atoms with Crippen LogP contribution in [0.15, 0.2) is 24.3 Å². The molecule has 0 aliphatic heterocycles. The Morgan fingerprint density at radius 3 is 1.50 bits per heavy atom. The van der Waals surface area contributed by atoms with Gasteiger partial charge in [0.05, 0.1) is 39.2 Å². The first-order valence-corrected chi connectivity index (χ1v) is 6.16. The van der Waals surface area contributed by atoms with Crippen molar-refractivity contribution in [2.24, 2.45) is 0 Å². The molecule has 0 aromatic heterocycles. The van der Waals surface area contributed by atoms with Crippen LogP contribution in [0, 0.1) is 22.7 Å². The molecule has 0 bridgehead atoms. The lowest BCUT2D eigenvalue weighted by Crippen LogP contribution is -1.97. The van der Waals surface area contributed by atoms with Crippen molar-refractivity contribution in [2.45, 2.75) is 12.8 Å². The first-order chi connectivity index (χ1) is 9.76. The highest BCUT2D eigenvalue weighted by atomic mass is 16.5. The average Bonchev–Trinajstić information content (AvgIpc) is 2.48. The molecule has 2 rings (SSSR count). The molecule has 4 heteroatoms. The van der Waals surface area contributed by atoms with Crippen LogP contribution in [0.2, 0.25) is 0 Å². The molecule has 0 radical (unpaired) electrons. The van der Waals surface area contributed by atoms with E-state index in [1.165, 1.54) is 0 Å². The number of rotatable bonds is 4. The third-order valence-electron chi connectivity index (χ3n) is 3.29. The van der Waals surface area contributed by atoms with Crippen LogP contribution < -0.4 is 9.47 Å². The van der Waals surface area contributed by atoms with Crippen molar-refractivity contribution >= 4 is 10.8 Å². The van der Waals surface area contributed by atoms with Crippen molar-refractivity contribution in [3.8, 4) is 23.6 Å². The predicted molar refractivity (Wildman–Crippen MR) is 75.7 cm³/mol. The molecule has 100 valence electrons. The van der Waals surface area contributed by atoms with E-state index in [1.807, 2.05) is 24.3 Å². The van der Waals surface area contributed by atoms with Crippen LogP contribution in [0.3, 0.4) is 0 Å². The molecule has 0 amide bonds. The Morgan fingerprint density at radius 2 is 1.20 bits per heavy atom. The first-order valence-electron chi connectivity index (χ1n) is 6.16. The monoisotopic (exact) mass is 266 g/mol. The van der Waals surface area contributed by atoms with E-state index in [4.69, 9.17) is 20.0 Å². The van der Waals surface area contributed by atoms with Gasteiger partial charge in [-0.1, -0.05) is 12.1 Å². The largest absolute Gasteiger partial charge is 0.496 e. The number of nitriles is 2. The quantitative estimate of drug-likeness (QED) is 0.853. The van der Waals surface area contributed by atoms with Gasteiger partial charge in [-0.05, 0) is 22.9 Å². The fourth-order valence-corrected chi connectivity index (χ4v) is 2.40. The van der Waals surface area contributed by atoms with Gasteiger partial charge in [-0.3, -0.25) is 0 Å². The Balaban J connectivity index is 2.81. The summed E-state index contributed by atoms with van der Waals surface area (Å²) in [6.45, 7) is 0. The van der Waals surface area contributed by atoms with E-state index in [1.54, 1.807) is 14.2 Å². The molecule has 2 aromatic carbocycles.